The average molecular weight is 487 g/mol. The quantitative estimate of drug-likeness (QED) is 0.374. The first kappa shape index (κ1) is 22.4. The number of nitrogens with one attached hydrogen (secondary N) is 1. The summed E-state index contributed by atoms with van der Waals surface area (Å²) in [4.78, 5) is 23.9. The van der Waals surface area contributed by atoms with E-state index in [1.165, 1.54) is 30.2 Å². The standard InChI is InChI=1S/C18H16Cl2N4O4S2/c1-24-14(8-28-13-4-3-10(19)7-12(13)20)22-23-18(24)30-9-15(25)21-16-11(5-6-29-16)17(26)27-2/h3-7H,8-9H2,1-2H3,(H,21,25). The number of thiophene rings is 1. The van der Waals surface area contributed by atoms with Crippen LogP contribution in [0.2, 0.25) is 10.0 Å². The Bertz CT molecular complexity index is 1070. The van der Waals surface area contributed by atoms with Crippen LogP contribution in [0.1, 0.15) is 16.2 Å². The lowest BCUT2D eigenvalue weighted by atomic mass is 10.3. The number of benzene rings is 1. The zero-order chi connectivity index (χ0) is 21.7. The Morgan fingerprint density at radius 2 is 2.07 bits per heavy atom. The van der Waals surface area contributed by atoms with Gasteiger partial charge in [-0.3, -0.25) is 4.79 Å². The van der Waals surface area contributed by atoms with Crippen LogP contribution in [-0.4, -0.2) is 39.5 Å². The molecule has 0 radical (unpaired) electrons. The molecule has 3 aromatic rings. The van der Waals surface area contributed by atoms with E-state index in [9.17, 15) is 9.59 Å². The van der Waals surface area contributed by atoms with Gasteiger partial charge in [0.15, 0.2) is 11.0 Å². The number of methoxy groups -OCH3 is 1. The summed E-state index contributed by atoms with van der Waals surface area (Å²) in [7, 11) is 3.06. The predicted molar refractivity (Wildman–Crippen MR) is 117 cm³/mol. The van der Waals surface area contributed by atoms with Crippen LogP contribution >= 0.6 is 46.3 Å². The monoisotopic (exact) mass is 486 g/mol. The molecule has 0 fully saturated rings. The SMILES string of the molecule is COC(=O)c1ccsc1NC(=O)CSc1nnc(COc2ccc(Cl)cc2Cl)n1C. The van der Waals surface area contributed by atoms with Gasteiger partial charge in [-0.05, 0) is 29.6 Å². The lowest BCUT2D eigenvalue weighted by Crippen LogP contribution is -2.16. The topological polar surface area (TPSA) is 95.3 Å². The largest absolute Gasteiger partial charge is 0.484 e. The van der Waals surface area contributed by atoms with E-state index < -0.39 is 5.97 Å². The van der Waals surface area contributed by atoms with Crippen molar-refractivity contribution in [3.05, 3.63) is 51.1 Å². The molecule has 0 aliphatic heterocycles. The fourth-order valence-electron chi connectivity index (χ4n) is 2.30. The molecule has 0 saturated carbocycles. The van der Waals surface area contributed by atoms with Crippen LogP contribution in [0.3, 0.4) is 0 Å². The molecule has 1 amide bonds. The molecule has 0 bridgehead atoms. The summed E-state index contributed by atoms with van der Waals surface area (Å²) in [6, 6.07) is 6.54. The third kappa shape index (κ3) is 5.45. The molecule has 8 nitrogen and oxygen atoms in total. The number of rotatable bonds is 8. The van der Waals surface area contributed by atoms with Gasteiger partial charge < -0.3 is 19.4 Å². The Labute approximate surface area is 190 Å². The van der Waals surface area contributed by atoms with Crippen LogP contribution in [0.4, 0.5) is 5.00 Å². The molecule has 2 aromatic heterocycles. The van der Waals surface area contributed by atoms with Crippen molar-refractivity contribution in [2.75, 3.05) is 18.2 Å². The van der Waals surface area contributed by atoms with E-state index in [2.05, 4.69) is 15.5 Å². The molecule has 0 atom stereocenters. The van der Waals surface area contributed by atoms with Crippen LogP contribution in [-0.2, 0) is 23.2 Å². The second-order valence-electron chi connectivity index (χ2n) is 5.81. The van der Waals surface area contributed by atoms with Gasteiger partial charge in [-0.15, -0.1) is 21.5 Å². The van der Waals surface area contributed by atoms with Crippen molar-refractivity contribution in [2.24, 2.45) is 7.05 Å². The van der Waals surface area contributed by atoms with Crippen molar-refractivity contribution < 1.29 is 19.1 Å². The highest BCUT2D eigenvalue weighted by Crippen LogP contribution is 2.28. The number of aromatic nitrogens is 3. The minimum Gasteiger partial charge on any atom is -0.484 e. The first-order valence-corrected chi connectivity index (χ1v) is 11.1. The molecule has 0 aliphatic rings. The molecule has 12 heteroatoms. The maximum absolute atomic E-state index is 12.3. The zero-order valence-electron chi connectivity index (χ0n) is 15.8. The molecule has 0 aliphatic carbocycles. The van der Waals surface area contributed by atoms with Crippen LogP contribution < -0.4 is 10.1 Å². The molecule has 0 saturated heterocycles. The molecular formula is C18H16Cl2N4O4S2. The van der Waals surface area contributed by atoms with Crippen molar-refractivity contribution >= 4 is 63.2 Å². The Hall–Kier alpha value is -2.27. The van der Waals surface area contributed by atoms with Gasteiger partial charge in [-0.1, -0.05) is 35.0 Å². The van der Waals surface area contributed by atoms with Crippen molar-refractivity contribution in [3.63, 3.8) is 0 Å². The molecule has 30 heavy (non-hydrogen) atoms. The van der Waals surface area contributed by atoms with Crippen LogP contribution in [0.5, 0.6) is 5.75 Å². The smallest absolute Gasteiger partial charge is 0.340 e. The van der Waals surface area contributed by atoms with Crippen LogP contribution in [0.25, 0.3) is 0 Å². The summed E-state index contributed by atoms with van der Waals surface area (Å²) in [5.74, 6) is 0.360. The van der Waals surface area contributed by atoms with Gasteiger partial charge in [0.05, 0.1) is 23.4 Å². The summed E-state index contributed by atoms with van der Waals surface area (Å²) in [5.41, 5.74) is 0.319. The van der Waals surface area contributed by atoms with Gasteiger partial charge in [0.2, 0.25) is 5.91 Å². The van der Waals surface area contributed by atoms with Gasteiger partial charge in [0.1, 0.15) is 17.4 Å². The Morgan fingerprint density at radius 3 is 2.80 bits per heavy atom. The summed E-state index contributed by atoms with van der Waals surface area (Å²) >= 11 is 14.4. The van der Waals surface area contributed by atoms with Crippen LogP contribution in [0, 0.1) is 0 Å². The van der Waals surface area contributed by atoms with Gasteiger partial charge in [0, 0.05) is 12.1 Å². The fraction of sp³-hybridized carbons (Fsp3) is 0.222. The minimum absolute atomic E-state index is 0.0916. The van der Waals surface area contributed by atoms with E-state index in [0.717, 1.165) is 0 Å². The number of carbonyl (C=O) groups excluding carboxylic acids is 2. The zero-order valence-corrected chi connectivity index (χ0v) is 19.0. The molecule has 2 heterocycles. The lowest BCUT2D eigenvalue weighted by Gasteiger charge is -2.08. The number of hydrogen-bond donors (Lipinski definition) is 1. The van der Waals surface area contributed by atoms with Gasteiger partial charge in [-0.25, -0.2) is 4.79 Å². The maximum Gasteiger partial charge on any atom is 0.340 e. The number of hydrogen-bond acceptors (Lipinski definition) is 8. The van der Waals surface area contributed by atoms with Gasteiger partial charge in [0.25, 0.3) is 0 Å². The molecule has 1 aromatic carbocycles. The Kier molecular flexibility index (Phi) is 7.59. The van der Waals surface area contributed by atoms with E-state index in [4.69, 9.17) is 32.7 Å². The van der Waals surface area contributed by atoms with E-state index in [-0.39, 0.29) is 18.3 Å². The Morgan fingerprint density at radius 1 is 1.27 bits per heavy atom. The number of ether oxygens (including phenoxy) is 2. The molecular weight excluding hydrogens is 471 g/mol. The molecule has 3 rings (SSSR count). The van der Waals surface area contributed by atoms with E-state index in [1.807, 2.05) is 0 Å². The second-order valence-corrected chi connectivity index (χ2v) is 8.52. The number of nitrogens with zero attached hydrogens (tertiary/aromatic N) is 3. The third-order valence-electron chi connectivity index (χ3n) is 3.83. The minimum atomic E-state index is -0.502. The highest BCUT2D eigenvalue weighted by atomic mass is 35.5. The number of halogens is 2. The number of amides is 1. The summed E-state index contributed by atoms with van der Waals surface area (Å²) in [5, 5.41) is 14.5. The van der Waals surface area contributed by atoms with Crippen molar-refractivity contribution in [1.82, 2.24) is 14.8 Å². The average Bonchev–Trinajstić information content (AvgIpc) is 3.32. The van der Waals surface area contributed by atoms with Crippen molar-refractivity contribution in [2.45, 2.75) is 11.8 Å². The van der Waals surface area contributed by atoms with Gasteiger partial charge >= 0.3 is 5.97 Å². The molecule has 0 spiro atoms. The Balaban J connectivity index is 1.55. The summed E-state index contributed by atoms with van der Waals surface area (Å²) < 4.78 is 12.1. The third-order valence-corrected chi connectivity index (χ3v) is 6.21. The van der Waals surface area contributed by atoms with Crippen LogP contribution in [0.15, 0.2) is 34.8 Å². The first-order chi connectivity index (χ1) is 14.4. The molecule has 0 unspecified atom stereocenters. The predicted octanol–water partition coefficient (Wildman–Crippen LogP) is 4.28. The first-order valence-electron chi connectivity index (χ1n) is 8.43. The number of anilines is 1. The van der Waals surface area contributed by atoms with E-state index in [0.29, 0.717) is 37.3 Å². The number of carbonyl (C=O) groups is 2. The second kappa shape index (κ2) is 10.2. The van der Waals surface area contributed by atoms with Gasteiger partial charge in [-0.2, -0.15) is 0 Å². The number of thioether (sulfide) groups is 1. The summed E-state index contributed by atoms with van der Waals surface area (Å²) in [6.07, 6.45) is 0. The van der Waals surface area contributed by atoms with Crippen molar-refractivity contribution in [3.8, 4) is 5.75 Å². The highest BCUT2D eigenvalue weighted by Gasteiger charge is 2.17. The number of esters is 1. The molecule has 1 N–H and O–H groups in total. The maximum atomic E-state index is 12.3. The van der Waals surface area contributed by atoms with E-state index in [1.54, 1.807) is 41.3 Å². The fourth-order valence-corrected chi connectivity index (χ4v) is 4.28. The molecule has 158 valence electrons. The summed E-state index contributed by atoms with van der Waals surface area (Å²) in [6.45, 7) is 0.148. The van der Waals surface area contributed by atoms with Crippen molar-refractivity contribution in [1.29, 1.82) is 0 Å². The van der Waals surface area contributed by atoms with E-state index >= 15 is 0 Å². The highest BCUT2D eigenvalue weighted by molar-refractivity contribution is 7.99. The lowest BCUT2D eigenvalue weighted by molar-refractivity contribution is -0.113. The normalized spacial score (nSPS) is 10.7.